The van der Waals surface area contributed by atoms with Gasteiger partial charge in [-0.25, -0.2) is 0 Å². The summed E-state index contributed by atoms with van der Waals surface area (Å²) in [4.78, 5) is 27.4. The molecule has 6 nitrogen and oxygen atoms in total. The number of piperidine rings is 1. The van der Waals surface area contributed by atoms with Gasteiger partial charge < -0.3 is 19.7 Å². The number of likely N-dealkylation sites (tertiary alicyclic amines) is 1. The maximum absolute atomic E-state index is 12.8. The number of nitrogens with zero attached hydrogens (tertiary/aromatic N) is 1. The van der Waals surface area contributed by atoms with Crippen LogP contribution in [0.15, 0.2) is 30.3 Å². The van der Waals surface area contributed by atoms with E-state index in [4.69, 9.17) is 9.47 Å². The minimum Gasteiger partial charge on any atom is -0.486 e. The van der Waals surface area contributed by atoms with Crippen molar-refractivity contribution in [2.24, 2.45) is 0 Å². The number of ketones is 1. The van der Waals surface area contributed by atoms with Crippen LogP contribution in [0.5, 0.6) is 11.5 Å². The van der Waals surface area contributed by atoms with Crippen molar-refractivity contribution in [2.75, 3.05) is 31.6 Å². The van der Waals surface area contributed by atoms with Crippen molar-refractivity contribution >= 4 is 28.7 Å². The van der Waals surface area contributed by atoms with Crippen molar-refractivity contribution in [2.45, 2.75) is 25.8 Å². The second-order valence-corrected chi connectivity index (χ2v) is 7.90. The molecule has 2 aliphatic rings. The van der Waals surface area contributed by atoms with E-state index in [2.05, 4.69) is 5.32 Å². The first-order valence-corrected chi connectivity index (χ1v) is 9.98. The van der Waals surface area contributed by atoms with Crippen molar-refractivity contribution in [1.29, 1.82) is 0 Å². The quantitative estimate of drug-likeness (QED) is 0.816. The zero-order valence-electron chi connectivity index (χ0n) is 15.2. The molecule has 0 aliphatic carbocycles. The normalized spacial score (nSPS) is 18.9. The topological polar surface area (TPSA) is 67.9 Å². The SMILES string of the molecule is CC(=O)c1ccc(C(=O)N2CCC[C@H](Nc3ccc4c(c3)OCCO4)C2)s1. The first kappa shape index (κ1) is 17.9. The molecule has 0 bridgehead atoms. The Balaban J connectivity index is 1.41. The van der Waals surface area contributed by atoms with Crippen molar-refractivity contribution in [3.05, 3.63) is 40.1 Å². The minimum atomic E-state index is -0.00385. The van der Waals surface area contributed by atoms with E-state index in [1.165, 1.54) is 18.3 Å². The van der Waals surface area contributed by atoms with Gasteiger partial charge in [0.25, 0.3) is 5.91 Å². The summed E-state index contributed by atoms with van der Waals surface area (Å²) in [5.74, 6) is 1.52. The Bertz CT molecular complexity index is 863. The number of carbonyl (C=O) groups excluding carboxylic acids is 2. The van der Waals surface area contributed by atoms with Crippen LogP contribution < -0.4 is 14.8 Å². The largest absolute Gasteiger partial charge is 0.486 e. The highest BCUT2D eigenvalue weighted by atomic mass is 32.1. The molecular weight excluding hydrogens is 364 g/mol. The Kier molecular flexibility index (Phi) is 5.03. The summed E-state index contributed by atoms with van der Waals surface area (Å²) in [6, 6.07) is 9.51. The molecule has 1 amide bonds. The molecule has 2 aromatic rings. The lowest BCUT2D eigenvalue weighted by molar-refractivity contribution is 0.0719. The highest BCUT2D eigenvalue weighted by molar-refractivity contribution is 7.15. The number of hydrogen-bond donors (Lipinski definition) is 1. The fourth-order valence-corrected chi connectivity index (χ4v) is 4.32. The Labute approximate surface area is 162 Å². The predicted molar refractivity (Wildman–Crippen MR) is 104 cm³/mol. The Morgan fingerprint density at radius 2 is 1.89 bits per heavy atom. The lowest BCUT2D eigenvalue weighted by Gasteiger charge is -2.33. The van der Waals surface area contributed by atoms with Crippen LogP contribution >= 0.6 is 11.3 Å². The molecule has 1 fully saturated rings. The van der Waals surface area contributed by atoms with Gasteiger partial charge in [-0.3, -0.25) is 9.59 Å². The molecule has 1 N–H and O–H groups in total. The molecule has 1 aromatic heterocycles. The number of benzene rings is 1. The van der Waals surface area contributed by atoms with Gasteiger partial charge in [0.05, 0.1) is 9.75 Å². The summed E-state index contributed by atoms with van der Waals surface area (Å²) in [5.41, 5.74) is 0.966. The predicted octanol–water partition coefficient (Wildman–Crippen LogP) is 3.44. The number of Topliss-reactive ketones (excluding diaryl/α,β-unsaturated/α-hetero) is 1. The van der Waals surface area contributed by atoms with Crippen molar-refractivity contribution in [3.63, 3.8) is 0 Å². The second kappa shape index (κ2) is 7.60. The van der Waals surface area contributed by atoms with Gasteiger partial charge in [-0.1, -0.05) is 0 Å². The second-order valence-electron chi connectivity index (χ2n) is 6.81. The van der Waals surface area contributed by atoms with Gasteiger partial charge in [0.15, 0.2) is 17.3 Å². The number of carbonyl (C=O) groups is 2. The van der Waals surface area contributed by atoms with E-state index in [1.807, 2.05) is 23.1 Å². The van der Waals surface area contributed by atoms with Gasteiger partial charge in [0.1, 0.15) is 13.2 Å². The number of nitrogens with one attached hydrogen (secondary N) is 1. The van der Waals surface area contributed by atoms with E-state index in [9.17, 15) is 9.59 Å². The van der Waals surface area contributed by atoms with E-state index in [0.29, 0.717) is 29.5 Å². The van der Waals surface area contributed by atoms with Gasteiger partial charge in [0, 0.05) is 30.9 Å². The zero-order chi connectivity index (χ0) is 18.8. The van der Waals surface area contributed by atoms with E-state index in [0.717, 1.165) is 36.6 Å². The summed E-state index contributed by atoms with van der Waals surface area (Å²) in [6.07, 6.45) is 1.94. The van der Waals surface area contributed by atoms with Crippen LogP contribution in [0.2, 0.25) is 0 Å². The highest BCUT2D eigenvalue weighted by Gasteiger charge is 2.26. The third-order valence-corrected chi connectivity index (χ3v) is 5.96. The molecule has 3 heterocycles. The molecule has 0 radical (unpaired) electrons. The third kappa shape index (κ3) is 3.93. The number of amides is 1. The fourth-order valence-electron chi connectivity index (χ4n) is 3.45. The van der Waals surface area contributed by atoms with Gasteiger partial charge in [0.2, 0.25) is 0 Å². The maximum Gasteiger partial charge on any atom is 0.264 e. The van der Waals surface area contributed by atoms with Gasteiger partial charge in [-0.15, -0.1) is 11.3 Å². The molecule has 142 valence electrons. The summed E-state index contributed by atoms with van der Waals surface area (Å²) in [5, 5.41) is 3.51. The maximum atomic E-state index is 12.8. The van der Waals surface area contributed by atoms with E-state index < -0.39 is 0 Å². The number of thiophene rings is 1. The molecule has 0 unspecified atom stereocenters. The molecule has 1 saturated heterocycles. The number of fused-ring (bicyclic) bond motifs is 1. The summed E-state index contributed by atoms with van der Waals surface area (Å²) in [6.45, 7) is 4.04. The average molecular weight is 386 g/mol. The number of hydrogen-bond acceptors (Lipinski definition) is 6. The van der Waals surface area contributed by atoms with Crippen LogP contribution in [0.1, 0.15) is 39.1 Å². The van der Waals surface area contributed by atoms with Crippen LogP contribution in [0, 0.1) is 0 Å². The lowest BCUT2D eigenvalue weighted by atomic mass is 10.0. The van der Waals surface area contributed by atoms with Crippen LogP contribution in [-0.4, -0.2) is 48.9 Å². The van der Waals surface area contributed by atoms with Crippen LogP contribution in [-0.2, 0) is 0 Å². The molecule has 2 aliphatic heterocycles. The van der Waals surface area contributed by atoms with Gasteiger partial charge in [-0.2, -0.15) is 0 Å². The molecular formula is C20H22N2O4S. The summed E-state index contributed by atoms with van der Waals surface area (Å²) < 4.78 is 11.2. The molecule has 7 heteroatoms. The molecule has 4 rings (SSSR count). The lowest BCUT2D eigenvalue weighted by Crippen LogP contribution is -2.44. The van der Waals surface area contributed by atoms with E-state index in [-0.39, 0.29) is 17.7 Å². The Morgan fingerprint density at radius 3 is 2.67 bits per heavy atom. The number of ether oxygens (including phenoxy) is 2. The fraction of sp³-hybridized carbons (Fsp3) is 0.400. The van der Waals surface area contributed by atoms with Crippen molar-refractivity contribution in [1.82, 2.24) is 4.90 Å². The average Bonchev–Trinajstić information content (AvgIpc) is 3.18. The van der Waals surface area contributed by atoms with Crippen LogP contribution in [0.3, 0.4) is 0 Å². The molecule has 0 spiro atoms. The Hall–Kier alpha value is -2.54. The van der Waals surface area contributed by atoms with Crippen molar-refractivity contribution in [3.8, 4) is 11.5 Å². The Morgan fingerprint density at radius 1 is 1.11 bits per heavy atom. The van der Waals surface area contributed by atoms with Gasteiger partial charge in [-0.05, 0) is 44.0 Å². The van der Waals surface area contributed by atoms with E-state index in [1.54, 1.807) is 12.1 Å². The minimum absolute atomic E-state index is 0.00109. The van der Waals surface area contributed by atoms with Crippen LogP contribution in [0.4, 0.5) is 5.69 Å². The number of anilines is 1. The van der Waals surface area contributed by atoms with Crippen molar-refractivity contribution < 1.29 is 19.1 Å². The first-order valence-electron chi connectivity index (χ1n) is 9.16. The summed E-state index contributed by atoms with van der Waals surface area (Å²) in [7, 11) is 0. The first-order chi connectivity index (χ1) is 13.1. The summed E-state index contributed by atoms with van der Waals surface area (Å²) >= 11 is 1.27. The third-order valence-electron chi connectivity index (χ3n) is 4.79. The molecule has 0 saturated carbocycles. The smallest absolute Gasteiger partial charge is 0.264 e. The zero-order valence-corrected chi connectivity index (χ0v) is 16.0. The molecule has 1 aromatic carbocycles. The molecule has 1 atom stereocenters. The van der Waals surface area contributed by atoms with Crippen LogP contribution in [0.25, 0.3) is 0 Å². The molecule has 27 heavy (non-hydrogen) atoms. The van der Waals surface area contributed by atoms with E-state index >= 15 is 0 Å². The monoisotopic (exact) mass is 386 g/mol. The highest BCUT2D eigenvalue weighted by Crippen LogP contribution is 2.33. The number of rotatable bonds is 4. The van der Waals surface area contributed by atoms with Gasteiger partial charge >= 0.3 is 0 Å². The standard InChI is InChI=1S/C20H22N2O4S/c1-13(23)18-6-7-19(27-18)20(24)22-8-2-3-15(12-22)21-14-4-5-16-17(11-14)26-10-9-25-16/h4-7,11,15,21H,2-3,8-10,12H2,1H3/t15-/m0/s1.